The zero-order valence-corrected chi connectivity index (χ0v) is 16.5. The second-order valence-electron chi connectivity index (χ2n) is 9.99. The SMILES string of the molecule is C#CC[C@H]1C[C@H]2[C@@H]3CC[C@H](C(C)=O)[C@@]3(C)CC[C@@H]2[C@@]2(C)CCC(=O)C=C12. The van der Waals surface area contributed by atoms with E-state index in [2.05, 4.69) is 19.8 Å². The molecule has 0 aromatic carbocycles. The maximum atomic E-state index is 12.3. The Morgan fingerprint density at radius 3 is 2.69 bits per heavy atom. The molecule has 0 N–H and O–H groups in total. The average Bonchev–Trinajstić information content (AvgIpc) is 2.94. The van der Waals surface area contributed by atoms with Crippen molar-refractivity contribution in [2.24, 2.45) is 40.4 Å². The van der Waals surface area contributed by atoms with Gasteiger partial charge in [0.15, 0.2) is 5.78 Å². The van der Waals surface area contributed by atoms with Crippen LogP contribution in [-0.4, -0.2) is 11.6 Å². The molecule has 0 aromatic rings. The van der Waals surface area contributed by atoms with Crippen molar-refractivity contribution >= 4 is 11.6 Å². The van der Waals surface area contributed by atoms with Crippen LogP contribution in [0.3, 0.4) is 0 Å². The van der Waals surface area contributed by atoms with Crippen LogP contribution in [0.15, 0.2) is 11.6 Å². The van der Waals surface area contributed by atoms with Gasteiger partial charge in [-0.05, 0) is 86.0 Å². The first-order valence-corrected chi connectivity index (χ1v) is 10.5. The minimum atomic E-state index is 0.133. The molecule has 140 valence electrons. The van der Waals surface area contributed by atoms with E-state index in [0.29, 0.717) is 35.9 Å². The predicted molar refractivity (Wildman–Crippen MR) is 103 cm³/mol. The highest BCUT2D eigenvalue weighted by Crippen LogP contribution is 2.67. The molecule has 4 aliphatic rings. The molecule has 26 heavy (non-hydrogen) atoms. The monoisotopic (exact) mass is 352 g/mol. The van der Waals surface area contributed by atoms with Crippen LogP contribution in [0.1, 0.15) is 72.1 Å². The van der Waals surface area contributed by atoms with Crippen molar-refractivity contribution in [1.82, 2.24) is 0 Å². The average molecular weight is 353 g/mol. The van der Waals surface area contributed by atoms with Gasteiger partial charge in [0.2, 0.25) is 0 Å². The third-order valence-corrected chi connectivity index (χ3v) is 8.97. The summed E-state index contributed by atoms with van der Waals surface area (Å²) in [6.45, 7) is 6.59. The van der Waals surface area contributed by atoms with Crippen LogP contribution in [0.5, 0.6) is 0 Å². The Labute approximate surface area is 158 Å². The number of hydrogen-bond donors (Lipinski definition) is 0. The first-order chi connectivity index (χ1) is 12.3. The zero-order chi connectivity index (χ0) is 18.7. The molecule has 0 aliphatic heterocycles. The zero-order valence-electron chi connectivity index (χ0n) is 16.5. The fraction of sp³-hybridized carbons (Fsp3) is 0.750. The summed E-state index contributed by atoms with van der Waals surface area (Å²) in [5, 5.41) is 0. The first kappa shape index (κ1) is 18.0. The van der Waals surface area contributed by atoms with E-state index in [9.17, 15) is 9.59 Å². The van der Waals surface area contributed by atoms with Gasteiger partial charge in [0.1, 0.15) is 5.78 Å². The number of rotatable bonds is 2. The van der Waals surface area contributed by atoms with Gasteiger partial charge in [-0.2, -0.15) is 0 Å². The molecular formula is C24H32O2. The Bertz CT molecular complexity index is 710. The molecule has 4 rings (SSSR count). The van der Waals surface area contributed by atoms with Crippen LogP contribution < -0.4 is 0 Å². The molecule has 0 radical (unpaired) electrons. The largest absolute Gasteiger partial charge is 0.300 e. The van der Waals surface area contributed by atoms with Gasteiger partial charge < -0.3 is 0 Å². The van der Waals surface area contributed by atoms with E-state index in [1.165, 1.54) is 24.8 Å². The minimum absolute atomic E-state index is 0.133. The van der Waals surface area contributed by atoms with E-state index in [4.69, 9.17) is 6.42 Å². The number of carbonyl (C=O) groups excluding carboxylic acids is 2. The van der Waals surface area contributed by atoms with Crippen molar-refractivity contribution < 1.29 is 9.59 Å². The van der Waals surface area contributed by atoms with Crippen molar-refractivity contribution in [2.45, 2.75) is 72.1 Å². The number of fused-ring (bicyclic) bond motifs is 5. The van der Waals surface area contributed by atoms with Crippen molar-refractivity contribution in [3.63, 3.8) is 0 Å². The standard InChI is InChI=1S/C24H32O2/c1-5-6-16-13-18-20-8-7-19(15(2)25)23(20,3)12-10-21(18)24(4)11-9-17(26)14-22(16)24/h1,14,16,18-21H,6-13H2,2-4H3/t16-,18-,19+,20-,21-,23+,24+/m0/s1. The smallest absolute Gasteiger partial charge is 0.155 e. The van der Waals surface area contributed by atoms with Crippen LogP contribution in [0.2, 0.25) is 0 Å². The molecule has 0 spiro atoms. The number of allylic oxidation sites excluding steroid dienone is 1. The summed E-state index contributed by atoms with van der Waals surface area (Å²) in [5.74, 6) is 6.12. The van der Waals surface area contributed by atoms with Gasteiger partial charge in [-0.15, -0.1) is 12.3 Å². The summed E-state index contributed by atoms with van der Waals surface area (Å²) in [4.78, 5) is 24.4. The fourth-order valence-electron chi connectivity index (χ4n) is 7.79. The first-order valence-electron chi connectivity index (χ1n) is 10.5. The lowest BCUT2D eigenvalue weighted by Crippen LogP contribution is -2.53. The number of carbonyl (C=O) groups is 2. The van der Waals surface area contributed by atoms with Crippen LogP contribution in [-0.2, 0) is 9.59 Å². The Kier molecular flexibility index (Phi) is 4.22. The van der Waals surface area contributed by atoms with Crippen molar-refractivity contribution in [1.29, 1.82) is 0 Å². The Balaban J connectivity index is 1.73. The number of Topliss-reactive ketones (excluding diaryl/α,β-unsaturated/α-hetero) is 1. The minimum Gasteiger partial charge on any atom is -0.300 e. The summed E-state index contributed by atoms with van der Waals surface area (Å²) in [7, 11) is 0. The van der Waals surface area contributed by atoms with E-state index < -0.39 is 0 Å². The van der Waals surface area contributed by atoms with Gasteiger partial charge in [0.25, 0.3) is 0 Å². The second-order valence-corrected chi connectivity index (χ2v) is 9.99. The molecule has 7 atom stereocenters. The van der Waals surface area contributed by atoms with E-state index in [1.807, 2.05) is 6.08 Å². The van der Waals surface area contributed by atoms with Crippen molar-refractivity contribution in [3.8, 4) is 12.3 Å². The van der Waals surface area contributed by atoms with Crippen LogP contribution >= 0.6 is 0 Å². The lowest BCUT2D eigenvalue weighted by molar-refractivity contribution is -0.129. The van der Waals surface area contributed by atoms with Crippen LogP contribution in [0.25, 0.3) is 0 Å². The van der Waals surface area contributed by atoms with Gasteiger partial charge in [-0.3, -0.25) is 9.59 Å². The number of terminal acetylenes is 1. The maximum absolute atomic E-state index is 12.3. The molecule has 0 saturated heterocycles. The van der Waals surface area contributed by atoms with E-state index >= 15 is 0 Å². The van der Waals surface area contributed by atoms with Crippen LogP contribution in [0, 0.1) is 52.8 Å². The van der Waals surface area contributed by atoms with E-state index in [-0.39, 0.29) is 22.5 Å². The van der Waals surface area contributed by atoms with Gasteiger partial charge >= 0.3 is 0 Å². The molecule has 0 aromatic heterocycles. The molecule has 0 amide bonds. The lowest BCUT2D eigenvalue weighted by Gasteiger charge is -2.59. The molecule has 3 fully saturated rings. The fourth-order valence-corrected chi connectivity index (χ4v) is 7.79. The maximum Gasteiger partial charge on any atom is 0.155 e. The Morgan fingerprint density at radius 2 is 2.00 bits per heavy atom. The van der Waals surface area contributed by atoms with Gasteiger partial charge in [0, 0.05) is 18.8 Å². The Hall–Kier alpha value is -1.36. The second kappa shape index (κ2) is 6.08. The van der Waals surface area contributed by atoms with E-state index in [0.717, 1.165) is 25.7 Å². The Morgan fingerprint density at radius 1 is 1.23 bits per heavy atom. The van der Waals surface area contributed by atoms with Crippen molar-refractivity contribution in [3.05, 3.63) is 11.6 Å². The summed E-state index contributed by atoms with van der Waals surface area (Å²) in [5.41, 5.74) is 1.67. The van der Waals surface area contributed by atoms with E-state index in [1.54, 1.807) is 6.92 Å². The molecule has 2 nitrogen and oxygen atoms in total. The third-order valence-electron chi connectivity index (χ3n) is 8.97. The summed E-state index contributed by atoms with van der Waals surface area (Å²) < 4.78 is 0. The number of hydrogen-bond acceptors (Lipinski definition) is 2. The van der Waals surface area contributed by atoms with Gasteiger partial charge in [-0.25, -0.2) is 0 Å². The topological polar surface area (TPSA) is 34.1 Å². The molecular weight excluding hydrogens is 320 g/mol. The molecule has 3 saturated carbocycles. The van der Waals surface area contributed by atoms with Gasteiger partial charge in [0.05, 0.1) is 0 Å². The highest BCUT2D eigenvalue weighted by Gasteiger charge is 2.60. The van der Waals surface area contributed by atoms with Crippen molar-refractivity contribution in [2.75, 3.05) is 0 Å². The van der Waals surface area contributed by atoms with Crippen LogP contribution in [0.4, 0.5) is 0 Å². The van der Waals surface area contributed by atoms with Gasteiger partial charge in [-0.1, -0.05) is 19.4 Å². The molecule has 0 unspecified atom stereocenters. The third kappa shape index (κ3) is 2.39. The summed E-state index contributed by atoms with van der Waals surface area (Å²) in [6.07, 6.45) is 15.8. The highest BCUT2D eigenvalue weighted by atomic mass is 16.1. The molecule has 0 bridgehead atoms. The molecule has 2 heteroatoms. The highest BCUT2D eigenvalue weighted by molar-refractivity contribution is 5.91. The summed E-state index contributed by atoms with van der Waals surface area (Å²) in [6, 6.07) is 0. The molecule has 4 aliphatic carbocycles. The molecule has 0 heterocycles. The lowest BCUT2D eigenvalue weighted by atomic mass is 9.45. The predicted octanol–water partition coefficient (Wildman–Crippen LogP) is 4.97. The summed E-state index contributed by atoms with van der Waals surface area (Å²) >= 11 is 0. The normalized spacial score (nSPS) is 47.2. The quantitative estimate of drug-likeness (QED) is 0.657. The number of ketones is 2.